The van der Waals surface area contributed by atoms with Crippen LogP contribution in [0.4, 0.5) is 0 Å². The first-order valence-electron chi connectivity index (χ1n) is 41.4. The van der Waals surface area contributed by atoms with Crippen molar-refractivity contribution in [1.29, 1.82) is 0 Å². The van der Waals surface area contributed by atoms with Crippen LogP contribution in [0.3, 0.4) is 0 Å². The second kappa shape index (κ2) is 41.2. The summed E-state index contributed by atoms with van der Waals surface area (Å²) >= 11 is 0. The quantitative estimate of drug-likeness (QED) is 0.0196. The van der Waals surface area contributed by atoms with Gasteiger partial charge in [0, 0.05) is 83.9 Å². The minimum atomic E-state index is -2.23. The monoisotopic (exact) mass is 1510 g/mol. The number of H-pyrrole nitrogens is 3. The van der Waals surface area contributed by atoms with Gasteiger partial charge in [0.1, 0.15) is 0 Å². The lowest BCUT2D eigenvalue weighted by Gasteiger charge is -2.28. The highest BCUT2D eigenvalue weighted by atomic mass is 31.2. The average Bonchev–Trinajstić information content (AvgIpc) is 1.25. The van der Waals surface area contributed by atoms with E-state index < -0.39 is 6.89 Å². The van der Waals surface area contributed by atoms with Gasteiger partial charge in [0.2, 0.25) is 0 Å². The molecule has 6 aliphatic heterocycles. The van der Waals surface area contributed by atoms with Crippen LogP contribution in [0.5, 0.6) is 0 Å². The summed E-state index contributed by atoms with van der Waals surface area (Å²) in [6.07, 6.45) is 51.2. The van der Waals surface area contributed by atoms with Crippen LogP contribution in [0.1, 0.15) is 240 Å². The third-order valence-electron chi connectivity index (χ3n) is 21.6. The molecule has 0 saturated heterocycles. The van der Waals surface area contributed by atoms with Gasteiger partial charge in [0.25, 0.3) is 0 Å². The van der Waals surface area contributed by atoms with Crippen molar-refractivity contribution in [2.24, 2.45) is 15.0 Å². The summed E-state index contributed by atoms with van der Waals surface area (Å²) in [7, 11) is 2.84. The predicted octanol–water partition coefficient (Wildman–Crippen LogP) is 21.7. The molecule has 14 heteroatoms. The molecule has 4 aromatic heterocycles. The van der Waals surface area contributed by atoms with Gasteiger partial charge in [-0.05, 0) is 222 Å². The molecular formula is C98H115N8O5P. The zero-order valence-electron chi connectivity index (χ0n) is 67.8. The van der Waals surface area contributed by atoms with Gasteiger partial charge in [0.15, 0.2) is 0 Å². The van der Waals surface area contributed by atoms with Gasteiger partial charge in [-0.2, -0.15) is 0 Å². The van der Waals surface area contributed by atoms with Gasteiger partial charge < -0.3 is 29.5 Å². The SMILES string of the molecule is CCCCC1=C2C=CC(=N2)C(CCCC)=C2C=CC(=N2)C(CCCC)=c2[nH]c(cc2=CO)C(CCCC)=C2C=CC1=N2.CCCCc1c2nc(c(CCCC)c3ccc([nH]3)c(CCCC)c3cc(/C=C/C(=O)OC)c([nH]3)c(CCCC)c3nc1C=C3)C=C2.COC(=O)C=P(c1ccccc1)(c1ccccc1)c1ccccc1. The van der Waals surface area contributed by atoms with Gasteiger partial charge in [-0.3, -0.25) is 0 Å². The lowest BCUT2D eigenvalue weighted by molar-refractivity contribution is -0.135. The molecule has 0 fully saturated rings. The summed E-state index contributed by atoms with van der Waals surface area (Å²) in [6.45, 7) is 15.6. The number of nitrogens with zero attached hydrogens (tertiary/aromatic N) is 5. The van der Waals surface area contributed by atoms with Crippen LogP contribution in [0, 0.1) is 0 Å². The summed E-state index contributed by atoms with van der Waals surface area (Å²) in [4.78, 5) is 62.3. The topological polar surface area (TPSA) is 183 Å². The van der Waals surface area contributed by atoms with Crippen LogP contribution in [0.2, 0.25) is 0 Å². The number of aromatic amines is 3. The molecule has 0 spiro atoms. The Hall–Kier alpha value is -10.5. The van der Waals surface area contributed by atoms with E-state index in [2.05, 4.69) is 192 Å². The number of aliphatic hydroxyl groups is 1. The molecule has 13 rings (SSSR count). The second-order valence-electron chi connectivity index (χ2n) is 29.4. The molecule has 3 aromatic carbocycles. The number of carbonyl (C=O) groups is 2. The van der Waals surface area contributed by atoms with Crippen molar-refractivity contribution in [2.45, 2.75) is 209 Å². The number of rotatable bonds is 30. The molecular weight excluding hydrogens is 1400 g/mol. The van der Waals surface area contributed by atoms with E-state index in [4.69, 9.17) is 34.4 Å². The molecule has 0 radical (unpaired) electrons. The number of unbranched alkanes of at least 4 members (excludes halogenated alkanes) is 8. The van der Waals surface area contributed by atoms with E-state index in [-0.39, 0.29) is 11.9 Å². The van der Waals surface area contributed by atoms with Crippen LogP contribution < -0.4 is 26.5 Å². The molecule has 0 amide bonds. The number of hydrogen-bond donors (Lipinski definition) is 4. The molecule has 13 nitrogen and oxygen atoms in total. The molecule has 7 aromatic rings. The van der Waals surface area contributed by atoms with E-state index in [9.17, 15) is 14.7 Å². The molecule has 0 unspecified atom stereocenters. The van der Waals surface area contributed by atoms with Crippen LogP contribution >= 0.6 is 6.89 Å². The van der Waals surface area contributed by atoms with E-state index in [1.165, 1.54) is 65.5 Å². The maximum Gasteiger partial charge on any atom is 0.331 e. The van der Waals surface area contributed by atoms with Gasteiger partial charge in [0.05, 0.1) is 88.3 Å². The molecule has 4 N–H and O–H groups in total. The number of fused-ring (bicyclic) bond motifs is 13. The predicted molar refractivity (Wildman–Crippen MR) is 477 cm³/mol. The Labute approximate surface area is 664 Å². The van der Waals surface area contributed by atoms with Gasteiger partial charge in [-0.15, -0.1) is 0 Å². The van der Waals surface area contributed by atoms with E-state index in [0.29, 0.717) is 0 Å². The van der Waals surface area contributed by atoms with Crippen molar-refractivity contribution >= 4 is 128 Å². The van der Waals surface area contributed by atoms with Crippen LogP contribution in [-0.4, -0.2) is 79.1 Å². The Balaban J connectivity index is 0.000000174. The number of methoxy groups -OCH3 is 2. The number of nitrogens with one attached hydrogen (secondary N) is 3. The lowest BCUT2D eigenvalue weighted by Crippen LogP contribution is -2.28. The number of esters is 2. The Bertz CT molecular complexity index is 5190. The normalized spacial score (nSPS) is 14.3. The first-order valence-corrected chi connectivity index (χ1v) is 43.2. The fraction of sp³-hybridized carbons (Fsp3) is 0.347. The molecule has 6 aliphatic rings. The lowest BCUT2D eigenvalue weighted by atomic mass is 10.0. The van der Waals surface area contributed by atoms with Crippen molar-refractivity contribution in [3.63, 3.8) is 0 Å². The minimum absolute atomic E-state index is 0.306. The second-order valence-corrected chi connectivity index (χ2v) is 32.7. The Morgan fingerprint density at radius 2 is 0.795 bits per heavy atom. The van der Waals surface area contributed by atoms with Crippen LogP contribution in [0.15, 0.2) is 201 Å². The van der Waals surface area contributed by atoms with Crippen LogP contribution in [-0.2, 0) is 44.7 Å². The zero-order valence-corrected chi connectivity index (χ0v) is 68.7. The molecule has 0 saturated carbocycles. The summed E-state index contributed by atoms with van der Waals surface area (Å²) in [6, 6.07) is 39.3. The van der Waals surface area contributed by atoms with Gasteiger partial charge in [-0.1, -0.05) is 198 Å². The molecule has 112 heavy (non-hydrogen) atoms. The Morgan fingerprint density at radius 1 is 0.402 bits per heavy atom. The molecule has 10 heterocycles. The number of ether oxygens (including phenoxy) is 2. The molecule has 582 valence electrons. The Kier molecular flexibility index (Phi) is 30.3. The summed E-state index contributed by atoms with van der Waals surface area (Å²) in [5.74, 6) is 1.10. The highest BCUT2D eigenvalue weighted by molar-refractivity contribution is 7.95. The number of aromatic nitrogens is 5. The highest BCUT2D eigenvalue weighted by Crippen LogP contribution is 2.44. The largest absolute Gasteiger partial charge is 0.515 e. The van der Waals surface area contributed by atoms with Gasteiger partial charge >= 0.3 is 11.9 Å². The number of carbonyl (C=O) groups excluding carboxylic acids is 2. The number of allylic oxidation sites excluding steroid dienone is 9. The number of aryl methyl sites for hydroxylation is 3. The maximum atomic E-state index is 12.3. The minimum Gasteiger partial charge on any atom is -0.515 e. The van der Waals surface area contributed by atoms with E-state index in [1.54, 1.807) is 5.80 Å². The average molecular weight is 1520 g/mol. The zero-order chi connectivity index (χ0) is 78.8. The fourth-order valence-corrected chi connectivity index (χ4v) is 19.0. The number of aliphatic hydroxyl groups excluding tert-OH is 1. The standard InChI is InChI=1S/C40H50N4O2.C37H46N4O.C21H19O2P/c1-6-10-14-28-32-19-20-33(41-32)29(15-11-7-2)35-23-24-37(43-35)31(17-13-9-4)40-27(18-25-39(45)46-5)26-38(44-40)30(16-12-8-3)36-22-21-34(28)42-36;1-5-9-13-26-30-17-18-31(38-30)27(14-10-6-2)33-21-22-35(40-33)29(16-12-8-4)37-25(24-42)23-36(41-37)28(15-11-7-3)34-20-19-32(26)39-34;1-23-21(22)17-24(18-11-5-2-6-12-18,19-13-7-3-8-14-19)20-15-9-4-10-16-20/h18-26,42,44H,6-17H2,1-5H3;17-24,41-42H,5-16H2,1-4H3;2-17H,1H3/b25-18+,32-28?,33-29?,34-28?,35-29?,36-30?,37-31?,38-30?,40-31?;;. The number of hydrogen-bond acceptors (Lipinski definition) is 10. The molecule has 0 aliphatic carbocycles. The third kappa shape index (κ3) is 19.7. The van der Waals surface area contributed by atoms with Crippen molar-refractivity contribution in [1.82, 2.24) is 24.9 Å². The summed E-state index contributed by atoms with van der Waals surface area (Å²) in [5, 5.41) is 15.6. The van der Waals surface area contributed by atoms with Crippen molar-refractivity contribution in [3.8, 4) is 0 Å². The van der Waals surface area contributed by atoms with Gasteiger partial charge in [-0.25, -0.2) is 34.5 Å². The first-order chi connectivity index (χ1) is 54.9. The third-order valence-corrected chi connectivity index (χ3v) is 25.5. The fourth-order valence-electron chi connectivity index (χ4n) is 15.3. The van der Waals surface area contributed by atoms with Crippen molar-refractivity contribution < 1.29 is 24.2 Å². The van der Waals surface area contributed by atoms with Crippen molar-refractivity contribution in [3.05, 3.63) is 253 Å². The maximum absolute atomic E-state index is 12.3. The number of aliphatic imine (C=N–C) groups is 3. The number of benzene rings is 3. The molecule has 0 atom stereocenters. The summed E-state index contributed by atoms with van der Waals surface area (Å²) < 4.78 is 9.97. The Morgan fingerprint density at radius 3 is 1.26 bits per heavy atom. The highest BCUT2D eigenvalue weighted by Gasteiger charge is 2.28. The van der Waals surface area contributed by atoms with Crippen molar-refractivity contribution in [2.75, 3.05) is 14.2 Å². The molecule has 16 bridgehead atoms. The van der Waals surface area contributed by atoms with E-state index >= 15 is 0 Å². The summed E-state index contributed by atoms with van der Waals surface area (Å²) in [5.41, 5.74) is 26.0. The first kappa shape index (κ1) is 82.5. The van der Waals surface area contributed by atoms with E-state index in [1.807, 2.05) is 60.7 Å². The van der Waals surface area contributed by atoms with Crippen LogP contribution in [0.25, 0.3) is 69.9 Å². The van der Waals surface area contributed by atoms with E-state index in [0.717, 1.165) is 276 Å². The smallest absolute Gasteiger partial charge is 0.331 e.